The van der Waals surface area contributed by atoms with Crippen molar-refractivity contribution in [1.82, 2.24) is 9.80 Å². The van der Waals surface area contributed by atoms with E-state index in [9.17, 15) is 9.59 Å². The molecule has 5 nitrogen and oxygen atoms in total. The molecule has 1 aliphatic heterocycles. The molecule has 1 aromatic rings. The van der Waals surface area contributed by atoms with Gasteiger partial charge in [-0.25, -0.2) is 0 Å². The lowest BCUT2D eigenvalue weighted by Crippen LogP contribution is -2.50. The summed E-state index contributed by atoms with van der Waals surface area (Å²) >= 11 is 1.52. The molecule has 21 heavy (non-hydrogen) atoms. The Labute approximate surface area is 129 Å². The van der Waals surface area contributed by atoms with E-state index in [1.165, 1.54) is 11.8 Å². The Morgan fingerprint density at radius 3 is 2.43 bits per heavy atom. The molecule has 0 spiro atoms. The summed E-state index contributed by atoms with van der Waals surface area (Å²) in [7, 11) is 0. The minimum Gasteiger partial charge on any atom is -0.398 e. The van der Waals surface area contributed by atoms with Crippen LogP contribution in [0.25, 0.3) is 0 Å². The highest BCUT2D eigenvalue weighted by Gasteiger charge is 2.22. The minimum atomic E-state index is 0.0758. The van der Waals surface area contributed by atoms with Gasteiger partial charge in [-0.2, -0.15) is 0 Å². The van der Waals surface area contributed by atoms with Crippen molar-refractivity contribution >= 4 is 29.3 Å². The minimum absolute atomic E-state index is 0.0758. The van der Waals surface area contributed by atoms with Gasteiger partial charge in [-0.15, -0.1) is 11.8 Å². The summed E-state index contributed by atoms with van der Waals surface area (Å²) in [6, 6.07) is 5.75. The van der Waals surface area contributed by atoms with Gasteiger partial charge < -0.3 is 15.5 Å². The zero-order chi connectivity index (χ0) is 15.4. The Kier molecular flexibility index (Phi) is 5.12. The quantitative estimate of drug-likeness (QED) is 0.676. The summed E-state index contributed by atoms with van der Waals surface area (Å²) in [5.74, 6) is 0.599. The zero-order valence-electron chi connectivity index (χ0n) is 12.5. The van der Waals surface area contributed by atoms with Crippen LogP contribution in [0.5, 0.6) is 0 Å². The lowest BCUT2D eigenvalue weighted by molar-refractivity contribution is -0.136. The van der Waals surface area contributed by atoms with E-state index >= 15 is 0 Å². The van der Waals surface area contributed by atoms with Crippen molar-refractivity contribution in [2.45, 2.75) is 18.7 Å². The highest BCUT2D eigenvalue weighted by atomic mass is 32.2. The maximum atomic E-state index is 12.2. The van der Waals surface area contributed by atoms with Gasteiger partial charge in [0.2, 0.25) is 11.8 Å². The number of nitrogens with zero attached hydrogens (tertiary/aromatic N) is 2. The second-order valence-corrected chi connectivity index (χ2v) is 6.16. The van der Waals surface area contributed by atoms with Crippen molar-refractivity contribution in [1.29, 1.82) is 0 Å². The summed E-state index contributed by atoms with van der Waals surface area (Å²) < 4.78 is 0. The number of piperazine rings is 1. The van der Waals surface area contributed by atoms with Crippen LogP contribution < -0.4 is 5.73 Å². The molecule has 0 unspecified atom stereocenters. The molecule has 2 N–H and O–H groups in total. The SMILES string of the molecule is CC(=O)N1CCN(C(=O)CSc2cccc(N)c2C)CC1. The molecule has 0 aromatic heterocycles. The average Bonchev–Trinajstić information content (AvgIpc) is 2.48. The fraction of sp³-hybridized carbons (Fsp3) is 0.467. The van der Waals surface area contributed by atoms with E-state index in [0.717, 1.165) is 16.1 Å². The zero-order valence-corrected chi connectivity index (χ0v) is 13.3. The molecule has 0 atom stereocenters. The van der Waals surface area contributed by atoms with E-state index in [-0.39, 0.29) is 11.8 Å². The smallest absolute Gasteiger partial charge is 0.233 e. The van der Waals surface area contributed by atoms with Crippen LogP contribution in [0.3, 0.4) is 0 Å². The van der Waals surface area contributed by atoms with Crippen molar-refractivity contribution in [2.24, 2.45) is 0 Å². The highest BCUT2D eigenvalue weighted by Crippen LogP contribution is 2.26. The van der Waals surface area contributed by atoms with Crippen LogP contribution in [0.1, 0.15) is 12.5 Å². The molecule has 6 heteroatoms. The Hall–Kier alpha value is -1.69. The van der Waals surface area contributed by atoms with Gasteiger partial charge in [0.15, 0.2) is 0 Å². The predicted octanol–water partition coefficient (Wildman–Crippen LogP) is 1.36. The third-order valence-electron chi connectivity index (χ3n) is 3.75. The van der Waals surface area contributed by atoms with Crippen LogP contribution in [-0.2, 0) is 9.59 Å². The molecule has 1 fully saturated rings. The number of thioether (sulfide) groups is 1. The third kappa shape index (κ3) is 3.91. The second kappa shape index (κ2) is 6.85. The molecule has 0 saturated carbocycles. The number of hydrogen-bond donors (Lipinski definition) is 1. The first-order valence-electron chi connectivity index (χ1n) is 7.00. The van der Waals surface area contributed by atoms with Gasteiger partial charge in [0.1, 0.15) is 0 Å². The molecule has 1 saturated heterocycles. The molecular weight excluding hydrogens is 286 g/mol. The topological polar surface area (TPSA) is 66.6 Å². The van der Waals surface area contributed by atoms with E-state index in [2.05, 4.69) is 0 Å². The summed E-state index contributed by atoms with van der Waals surface area (Å²) in [4.78, 5) is 28.1. The molecule has 114 valence electrons. The molecule has 2 amide bonds. The van der Waals surface area contributed by atoms with Gasteiger partial charge >= 0.3 is 0 Å². The van der Waals surface area contributed by atoms with Gasteiger partial charge in [-0.1, -0.05) is 6.07 Å². The number of nitrogens with two attached hydrogens (primary N) is 1. The molecule has 2 rings (SSSR count). The normalized spacial score (nSPS) is 15.1. The molecule has 1 heterocycles. The van der Waals surface area contributed by atoms with Gasteiger partial charge in [0, 0.05) is 43.7 Å². The van der Waals surface area contributed by atoms with E-state index in [0.29, 0.717) is 31.9 Å². The van der Waals surface area contributed by atoms with Crippen LogP contribution in [0.4, 0.5) is 5.69 Å². The first kappa shape index (κ1) is 15.7. The average molecular weight is 307 g/mol. The number of amides is 2. The van der Waals surface area contributed by atoms with Crippen molar-refractivity contribution in [3.63, 3.8) is 0 Å². The van der Waals surface area contributed by atoms with E-state index in [1.807, 2.05) is 30.0 Å². The lowest BCUT2D eigenvalue weighted by atomic mass is 10.2. The number of hydrogen-bond acceptors (Lipinski definition) is 4. The van der Waals surface area contributed by atoms with Crippen molar-refractivity contribution < 1.29 is 9.59 Å². The third-order valence-corrected chi connectivity index (χ3v) is 4.90. The van der Waals surface area contributed by atoms with Crippen molar-refractivity contribution in [3.05, 3.63) is 23.8 Å². The van der Waals surface area contributed by atoms with Crippen LogP contribution >= 0.6 is 11.8 Å². The van der Waals surface area contributed by atoms with Crippen molar-refractivity contribution in [3.8, 4) is 0 Å². The number of carbonyl (C=O) groups excluding carboxylic acids is 2. The monoisotopic (exact) mass is 307 g/mol. The first-order valence-corrected chi connectivity index (χ1v) is 7.99. The van der Waals surface area contributed by atoms with E-state index < -0.39 is 0 Å². The maximum absolute atomic E-state index is 12.2. The predicted molar refractivity (Wildman–Crippen MR) is 85.1 cm³/mol. The van der Waals surface area contributed by atoms with Crippen LogP contribution in [-0.4, -0.2) is 53.5 Å². The maximum Gasteiger partial charge on any atom is 0.233 e. The summed E-state index contributed by atoms with van der Waals surface area (Å²) in [6.07, 6.45) is 0. The molecule has 1 aromatic carbocycles. The number of nitrogen functional groups attached to an aromatic ring is 1. The Bertz CT molecular complexity index is 540. The first-order chi connectivity index (χ1) is 9.99. The van der Waals surface area contributed by atoms with Gasteiger partial charge in [-0.3, -0.25) is 9.59 Å². The van der Waals surface area contributed by atoms with Crippen LogP contribution in [0.15, 0.2) is 23.1 Å². The lowest BCUT2D eigenvalue weighted by Gasteiger charge is -2.34. The summed E-state index contributed by atoms with van der Waals surface area (Å²) in [5.41, 5.74) is 7.64. The number of carbonyl (C=O) groups is 2. The Morgan fingerprint density at radius 2 is 1.81 bits per heavy atom. The molecule has 0 bridgehead atoms. The van der Waals surface area contributed by atoms with Gasteiger partial charge in [0.25, 0.3) is 0 Å². The van der Waals surface area contributed by atoms with Crippen LogP contribution in [0.2, 0.25) is 0 Å². The Balaban J connectivity index is 1.85. The van der Waals surface area contributed by atoms with E-state index in [1.54, 1.807) is 11.8 Å². The summed E-state index contributed by atoms with van der Waals surface area (Å²) in [5, 5.41) is 0. The largest absolute Gasteiger partial charge is 0.398 e. The molecular formula is C15H21N3O2S. The Morgan fingerprint density at radius 1 is 1.19 bits per heavy atom. The molecule has 1 aliphatic rings. The number of anilines is 1. The number of benzene rings is 1. The molecule has 0 radical (unpaired) electrons. The fourth-order valence-corrected chi connectivity index (χ4v) is 3.26. The summed E-state index contributed by atoms with van der Waals surface area (Å²) in [6.45, 7) is 6.03. The number of rotatable bonds is 3. The van der Waals surface area contributed by atoms with Crippen LogP contribution in [0, 0.1) is 6.92 Å². The highest BCUT2D eigenvalue weighted by molar-refractivity contribution is 8.00. The van der Waals surface area contributed by atoms with Crippen molar-refractivity contribution in [2.75, 3.05) is 37.7 Å². The molecule has 0 aliphatic carbocycles. The van der Waals surface area contributed by atoms with Gasteiger partial charge in [0.05, 0.1) is 5.75 Å². The second-order valence-electron chi connectivity index (χ2n) is 5.15. The van der Waals surface area contributed by atoms with E-state index in [4.69, 9.17) is 5.73 Å². The fourth-order valence-electron chi connectivity index (χ4n) is 2.29. The van der Waals surface area contributed by atoms with Gasteiger partial charge in [-0.05, 0) is 24.6 Å². The standard InChI is InChI=1S/C15H21N3O2S/c1-11-13(16)4-3-5-14(11)21-10-15(20)18-8-6-17(7-9-18)12(2)19/h3-5H,6-10,16H2,1-2H3.